The van der Waals surface area contributed by atoms with Gasteiger partial charge in [-0.3, -0.25) is 0 Å². The number of anilines is 1. The average molecular weight is 233 g/mol. The van der Waals surface area contributed by atoms with E-state index in [4.69, 9.17) is 11.6 Å². The van der Waals surface area contributed by atoms with E-state index in [9.17, 15) is 0 Å². The summed E-state index contributed by atoms with van der Waals surface area (Å²) in [5.41, 5.74) is 1.15. The van der Waals surface area contributed by atoms with Crippen LogP contribution in [-0.2, 0) is 0 Å². The minimum Gasteiger partial charge on any atom is -0.364 e. The van der Waals surface area contributed by atoms with Crippen molar-refractivity contribution in [2.45, 2.75) is 13.0 Å². The molecule has 82 valence electrons. The molecule has 1 unspecified atom stereocenters. The lowest BCUT2D eigenvalue weighted by Crippen LogP contribution is -2.07. The smallest absolute Gasteiger partial charge is 0.126 e. The summed E-state index contributed by atoms with van der Waals surface area (Å²) in [4.78, 5) is 4.22. The highest BCUT2D eigenvalue weighted by Crippen LogP contribution is 2.20. The van der Waals surface area contributed by atoms with Crippen molar-refractivity contribution >= 4 is 17.4 Å². The van der Waals surface area contributed by atoms with Crippen LogP contribution in [0.25, 0.3) is 0 Å². The van der Waals surface area contributed by atoms with Gasteiger partial charge in [-0.1, -0.05) is 29.8 Å². The van der Waals surface area contributed by atoms with Gasteiger partial charge in [0.1, 0.15) is 5.82 Å². The Balaban J connectivity index is 2.12. The van der Waals surface area contributed by atoms with Gasteiger partial charge >= 0.3 is 0 Å². The van der Waals surface area contributed by atoms with Crippen LogP contribution in [0, 0.1) is 0 Å². The predicted molar refractivity (Wildman–Crippen MR) is 67.7 cm³/mol. The van der Waals surface area contributed by atoms with Gasteiger partial charge in [-0.05, 0) is 36.8 Å². The molecule has 0 fully saturated rings. The summed E-state index contributed by atoms with van der Waals surface area (Å²) in [7, 11) is 0. The average Bonchev–Trinajstić information content (AvgIpc) is 2.30. The Bertz CT molecular complexity index is 456. The summed E-state index contributed by atoms with van der Waals surface area (Å²) in [6, 6.07) is 13.8. The Labute approximate surface area is 100 Å². The molecule has 0 bridgehead atoms. The second kappa shape index (κ2) is 4.99. The molecule has 1 atom stereocenters. The summed E-state index contributed by atoms with van der Waals surface area (Å²) in [6.07, 6.45) is 1.77. The number of halogens is 1. The summed E-state index contributed by atoms with van der Waals surface area (Å²) < 4.78 is 0. The number of hydrogen-bond acceptors (Lipinski definition) is 2. The first kappa shape index (κ1) is 11.0. The number of rotatable bonds is 3. The van der Waals surface area contributed by atoms with Crippen LogP contribution in [-0.4, -0.2) is 4.98 Å². The molecular formula is C13H13ClN2. The summed E-state index contributed by atoms with van der Waals surface area (Å²) in [6.45, 7) is 2.08. The fraction of sp³-hybridized carbons (Fsp3) is 0.154. The lowest BCUT2D eigenvalue weighted by Gasteiger charge is -2.14. The fourth-order valence-corrected chi connectivity index (χ4v) is 1.73. The summed E-state index contributed by atoms with van der Waals surface area (Å²) >= 11 is 5.95. The van der Waals surface area contributed by atoms with Crippen molar-refractivity contribution in [3.05, 3.63) is 59.2 Å². The highest BCUT2D eigenvalue weighted by atomic mass is 35.5. The number of nitrogens with one attached hydrogen (secondary N) is 1. The maximum Gasteiger partial charge on any atom is 0.126 e. The molecule has 0 radical (unpaired) electrons. The van der Waals surface area contributed by atoms with Crippen LogP contribution in [0.4, 0.5) is 5.82 Å². The van der Waals surface area contributed by atoms with E-state index in [1.165, 1.54) is 0 Å². The normalized spacial score (nSPS) is 12.1. The van der Waals surface area contributed by atoms with Gasteiger partial charge in [-0.25, -0.2) is 4.98 Å². The van der Waals surface area contributed by atoms with Crippen LogP contribution < -0.4 is 5.32 Å². The van der Waals surface area contributed by atoms with Gasteiger partial charge in [0.2, 0.25) is 0 Å². The Hall–Kier alpha value is -1.54. The molecule has 2 rings (SSSR count). The maximum absolute atomic E-state index is 5.95. The predicted octanol–water partition coefficient (Wildman–Crippen LogP) is 3.91. The molecule has 0 spiro atoms. The van der Waals surface area contributed by atoms with E-state index in [0.29, 0.717) is 0 Å². The van der Waals surface area contributed by atoms with Crippen LogP contribution in [0.2, 0.25) is 5.02 Å². The van der Waals surface area contributed by atoms with Crippen molar-refractivity contribution in [3.8, 4) is 0 Å². The SMILES string of the molecule is CC(Nc1ccccn1)c1cccc(Cl)c1. The molecule has 1 heterocycles. The number of benzene rings is 1. The Morgan fingerprint density at radius 3 is 2.75 bits per heavy atom. The molecule has 0 aliphatic heterocycles. The summed E-state index contributed by atoms with van der Waals surface area (Å²) in [5.74, 6) is 0.870. The molecule has 0 saturated heterocycles. The van der Waals surface area contributed by atoms with Crippen LogP contribution >= 0.6 is 11.6 Å². The lowest BCUT2D eigenvalue weighted by atomic mass is 10.1. The van der Waals surface area contributed by atoms with Gasteiger partial charge in [0.15, 0.2) is 0 Å². The van der Waals surface area contributed by atoms with E-state index in [0.717, 1.165) is 16.4 Å². The summed E-state index contributed by atoms with van der Waals surface area (Å²) in [5, 5.41) is 4.07. The minimum absolute atomic E-state index is 0.189. The van der Waals surface area contributed by atoms with Crippen LogP contribution in [0.1, 0.15) is 18.5 Å². The number of pyridine rings is 1. The first-order chi connectivity index (χ1) is 7.75. The topological polar surface area (TPSA) is 24.9 Å². The highest BCUT2D eigenvalue weighted by Gasteiger charge is 2.05. The standard InChI is InChI=1S/C13H13ClN2/c1-10(11-5-4-6-12(14)9-11)16-13-7-2-3-8-15-13/h2-10H,1H3,(H,15,16). The third-order valence-corrected chi connectivity index (χ3v) is 2.61. The first-order valence-electron chi connectivity index (χ1n) is 5.19. The monoisotopic (exact) mass is 232 g/mol. The number of hydrogen-bond donors (Lipinski definition) is 1. The van der Waals surface area contributed by atoms with E-state index >= 15 is 0 Å². The van der Waals surface area contributed by atoms with Gasteiger partial charge in [0.25, 0.3) is 0 Å². The van der Waals surface area contributed by atoms with Crippen molar-refractivity contribution < 1.29 is 0 Å². The van der Waals surface area contributed by atoms with Gasteiger partial charge in [-0.2, -0.15) is 0 Å². The van der Waals surface area contributed by atoms with Gasteiger partial charge in [-0.15, -0.1) is 0 Å². The van der Waals surface area contributed by atoms with E-state index < -0.39 is 0 Å². The van der Waals surface area contributed by atoms with Gasteiger partial charge in [0, 0.05) is 17.3 Å². The zero-order chi connectivity index (χ0) is 11.4. The molecule has 1 aromatic heterocycles. The maximum atomic E-state index is 5.95. The number of aromatic nitrogens is 1. The second-order valence-electron chi connectivity index (χ2n) is 3.64. The van der Waals surface area contributed by atoms with Crippen LogP contribution in [0.15, 0.2) is 48.7 Å². The number of nitrogens with zero attached hydrogens (tertiary/aromatic N) is 1. The van der Waals surface area contributed by atoms with Crippen molar-refractivity contribution in [3.63, 3.8) is 0 Å². The third kappa shape index (κ3) is 2.74. The first-order valence-corrected chi connectivity index (χ1v) is 5.56. The van der Waals surface area contributed by atoms with Crippen LogP contribution in [0.3, 0.4) is 0 Å². The third-order valence-electron chi connectivity index (χ3n) is 2.38. The highest BCUT2D eigenvalue weighted by molar-refractivity contribution is 6.30. The quantitative estimate of drug-likeness (QED) is 0.868. The van der Waals surface area contributed by atoms with Crippen molar-refractivity contribution in [1.29, 1.82) is 0 Å². The largest absolute Gasteiger partial charge is 0.364 e. The molecule has 0 aliphatic carbocycles. The van der Waals surface area contributed by atoms with Gasteiger partial charge < -0.3 is 5.32 Å². The van der Waals surface area contributed by atoms with E-state index in [-0.39, 0.29) is 6.04 Å². The minimum atomic E-state index is 0.189. The molecule has 0 aliphatic rings. The molecule has 16 heavy (non-hydrogen) atoms. The Morgan fingerprint density at radius 2 is 2.06 bits per heavy atom. The molecule has 1 aromatic carbocycles. The van der Waals surface area contributed by atoms with E-state index in [1.807, 2.05) is 42.5 Å². The van der Waals surface area contributed by atoms with Crippen molar-refractivity contribution in [2.75, 3.05) is 5.32 Å². The molecule has 0 saturated carbocycles. The fourth-order valence-electron chi connectivity index (χ4n) is 1.53. The second-order valence-corrected chi connectivity index (χ2v) is 4.07. The molecule has 3 heteroatoms. The lowest BCUT2D eigenvalue weighted by molar-refractivity contribution is 0.875. The zero-order valence-electron chi connectivity index (χ0n) is 9.02. The Morgan fingerprint density at radius 1 is 1.19 bits per heavy atom. The Kier molecular flexibility index (Phi) is 3.42. The van der Waals surface area contributed by atoms with E-state index in [2.05, 4.69) is 17.2 Å². The molecule has 2 nitrogen and oxygen atoms in total. The van der Waals surface area contributed by atoms with Crippen LogP contribution in [0.5, 0.6) is 0 Å². The molecular weight excluding hydrogens is 220 g/mol. The molecule has 2 aromatic rings. The van der Waals surface area contributed by atoms with Crippen molar-refractivity contribution in [1.82, 2.24) is 4.98 Å². The molecule has 1 N–H and O–H groups in total. The molecule has 0 amide bonds. The van der Waals surface area contributed by atoms with Crippen molar-refractivity contribution in [2.24, 2.45) is 0 Å². The van der Waals surface area contributed by atoms with E-state index in [1.54, 1.807) is 6.20 Å². The zero-order valence-corrected chi connectivity index (χ0v) is 9.78. The van der Waals surface area contributed by atoms with Gasteiger partial charge in [0.05, 0.1) is 0 Å².